The van der Waals surface area contributed by atoms with Gasteiger partial charge >= 0.3 is 18.2 Å². The third kappa shape index (κ3) is 7.40. The average molecular weight is 592 g/mol. The van der Waals surface area contributed by atoms with E-state index in [0.29, 0.717) is 21.8 Å². The molecule has 39 heavy (non-hydrogen) atoms. The van der Waals surface area contributed by atoms with Gasteiger partial charge in [0.05, 0.1) is 14.2 Å². The fraction of sp³-hybridized carbons (Fsp3) is 0.462. The molecule has 1 aliphatic heterocycles. The van der Waals surface area contributed by atoms with Crippen LogP contribution >= 0.6 is 23.2 Å². The number of hydrogen-bond donors (Lipinski definition) is 3. The number of hydrogen-bond acceptors (Lipinski definition) is 5. The second-order valence-electron chi connectivity index (χ2n) is 9.50. The van der Waals surface area contributed by atoms with E-state index in [0.717, 1.165) is 43.7 Å². The lowest BCUT2D eigenvalue weighted by Crippen LogP contribution is -2.52. The van der Waals surface area contributed by atoms with Crippen molar-refractivity contribution in [1.82, 2.24) is 10.2 Å². The Labute approximate surface area is 234 Å². The molecule has 2 fully saturated rings. The summed E-state index contributed by atoms with van der Waals surface area (Å²) in [5.74, 6) is -1.26. The highest BCUT2D eigenvalue weighted by molar-refractivity contribution is 6.35. The number of aliphatic carboxylic acids is 1. The number of nitrogens with one attached hydrogen (secondary N) is 2. The number of likely N-dealkylation sites (N-methyl/N-ethyl adjacent to an activating group) is 1. The predicted octanol–water partition coefficient (Wildman–Crippen LogP) is 5.96. The van der Waals surface area contributed by atoms with Gasteiger partial charge in [0.25, 0.3) is 0 Å². The maximum absolute atomic E-state index is 12.6. The van der Waals surface area contributed by atoms with Gasteiger partial charge in [0.15, 0.2) is 11.5 Å². The van der Waals surface area contributed by atoms with Gasteiger partial charge in [0.2, 0.25) is 0 Å². The number of anilines is 1. The molecule has 3 atom stereocenters. The summed E-state index contributed by atoms with van der Waals surface area (Å²) in [5.41, 5.74) is 1.90. The number of halogens is 5. The van der Waals surface area contributed by atoms with Gasteiger partial charge in [-0.3, -0.25) is 0 Å². The molecule has 0 aromatic heterocycles. The van der Waals surface area contributed by atoms with Crippen molar-refractivity contribution in [3.05, 3.63) is 52.0 Å². The van der Waals surface area contributed by atoms with Crippen molar-refractivity contribution in [2.45, 2.75) is 49.4 Å². The molecule has 2 aromatic carbocycles. The molecule has 2 amide bonds. The number of carboxylic acids is 1. The maximum Gasteiger partial charge on any atom is 0.490 e. The van der Waals surface area contributed by atoms with Crippen LogP contribution in [0.4, 0.5) is 23.7 Å². The highest BCUT2D eigenvalue weighted by Crippen LogP contribution is 2.49. The number of carbonyl (C=O) groups excluding carboxylic acids is 1. The summed E-state index contributed by atoms with van der Waals surface area (Å²) in [6.07, 6.45) is -1.22. The minimum absolute atomic E-state index is 0.0451. The Morgan fingerprint density at radius 2 is 1.67 bits per heavy atom. The van der Waals surface area contributed by atoms with Gasteiger partial charge in [-0.15, -0.1) is 0 Å². The van der Waals surface area contributed by atoms with Gasteiger partial charge in [-0.25, -0.2) is 9.59 Å². The summed E-state index contributed by atoms with van der Waals surface area (Å²) in [4.78, 5) is 23.9. The number of carboxylic acid groups (broad SMARTS) is 1. The molecule has 0 bridgehead atoms. The molecule has 8 nitrogen and oxygen atoms in total. The molecule has 2 aliphatic rings. The third-order valence-corrected chi connectivity index (χ3v) is 7.62. The van der Waals surface area contributed by atoms with Crippen molar-refractivity contribution in [1.29, 1.82) is 0 Å². The molecule has 1 aliphatic carbocycles. The quantitative estimate of drug-likeness (QED) is 0.397. The Hall–Kier alpha value is -2.89. The monoisotopic (exact) mass is 591 g/mol. The van der Waals surface area contributed by atoms with Crippen LogP contribution in [0.2, 0.25) is 10.0 Å². The Morgan fingerprint density at radius 1 is 1.05 bits per heavy atom. The standard InChI is InChI=1S/C24H29Cl2N3O3.C2HF3O2/c1-29-9-8-24(15-4-5-20(31-2)21(10-15)32-3)7-6-18(14-22(24)29)27-23(30)28-19-12-16(25)11-17(26)13-19;3-2(4,5)1(6)7/h4-5,10-13,18,22H,6-9,14H2,1-3H3,(H2,27,28,30);(H,6,7)/t18-,22+,24+;/m1./s1. The SMILES string of the molecule is COc1ccc([C@@]23CC[C@@H](NC(=O)Nc4cc(Cl)cc(Cl)c4)C[C@@H]2N(C)CC3)cc1OC.O=C(O)C(F)(F)F. The number of amides is 2. The van der Waals surface area contributed by atoms with Gasteiger partial charge in [0, 0.05) is 33.2 Å². The van der Waals surface area contributed by atoms with E-state index in [2.05, 4.69) is 34.7 Å². The number of ether oxygens (including phenoxy) is 2. The van der Waals surface area contributed by atoms with Crippen LogP contribution in [-0.4, -0.2) is 68.1 Å². The molecule has 0 radical (unpaired) electrons. The number of methoxy groups -OCH3 is 2. The molecule has 4 rings (SSSR count). The lowest BCUT2D eigenvalue weighted by molar-refractivity contribution is -0.192. The number of carbonyl (C=O) groups is 2. The molecule has 13 heteroatoms. The number of alkyl halides is 3. The van der Waals surface area contributed by atoms with Crippen LogP contribution in [0.5, 0.6) is 11.5 Å². The minimum atomic E-state index is -5.08. The zero-order valence-electron chi connectivity index (χ0n) is 21.6. The van der Waals surface area contributed by atoms with Crippen molar-refractivity contribution in [3.8, 4) is 11.5 Å². The largest absolute Gasteiger partial charge is 0.493 e. The van der Waals surface area contributed by atoms with Gasteiger partial charge in [-0.1, -0.05) is 29.3 Å². The summed E-state index contributed by atoms with van der Waals surface area (Å²) in [6.45, 7) is 1.03. The number of rotatable bonds is 5. The first-order valence-corrected chi connectivity index (χ1v) is 12.8. The van der Waals surface area contributed by atoms with Crippen LogP contribution in [-0.2, 0) is 10.2 Å². The smallest absolute Gasteiger partial charge is 0.490 e. The van der Waals surface area contributed by atoms with Crippen molar-refractivity contribution >= 4 is 40.9 Å². The molecule has 1 saturated carbocycles. The molecule has 1 heterocycles. The third-order valence-electron chi connectivity index (χ3n) is 7.18. The minimum Gasteiger partial charge on any atom is -0.493 e. The molecule has 2 aromatic rings. The number of likely N-dealkylation sites (tertiary alicyclic amines) is 1. The molecule has 214 valence electrons. The lowest BCUT2D eigenvalue weighted by atomic mass is 9.65. The number of fused-ring (bicyclic) bond motifs is 1. The molecule has 3 N–H and O–H groups in total. The summed E-state index contributed by atoms with van der Waals surface area (Å²) in [6, 6.07) is 11.5. The number of nitrogens with zero attached hydrogens (tertiary/aromatic N) is 1. The summed E-state index contributed by atoms with van der Waals surface area (Å²) in [5, 5.41) is 14.1. The first-order valence-electron chi connectivity index (χ1n) is 12.1. The number of urea groups is 1. The van der Waals surface area contributed by atoms with E-state index in [1.165, 1.54) is 5.56 Å². The van der Waals surface area contributed by atoms with Crippen molar-refractivity contribution in [3.63, 3.8) is 0 Å². The van der Waals surface area contributed by atoms with E-state index in [4.69, 9.17) is 42.6 Å². The Kier molecular flexibility index (Phi) is 9.84. The van der Waals surface area contributed by atoms with Gasteiger partial charge < -0.3 is 30.1 Å². The van der Waals surface area contributed by atoms with Crippen LogP contribution in [0.25, 0.3) is 0 Å². The maximum atomic E-state index is 12.6. The van der Waals surface area contributed by atoms with E-state index >= 15 is 0 Å². The Bertz CT molecular complexity index is 1180. The molecular weight excluding hydrogens is 562 g/mol. The normalized spacial score (nSPS) is 22.7. The van der Waals surface area contributed by atoms with Crippen molar-refractivity contribution < 1.29 is 37.3 Å². The molecule has 0 spiro atoms. The summed E-state index contributed by atoms with van der Waals surface area (Å²) < 4.78 is 42.7. The molecule has 1 saturated heterocycles. The molecule has 0 unspecified atom stereocenters. The Balaban J connectivity index is 0.000000532. The van der Waals surface area contributed by atoms with E-state index < -0.39 is 12.1 Å². The fourth-order valence-electron chi connectivity index (χ4n) is 5.37. The van der Waals surface area contributed by atoms with E-state index in [-0.39, 0.29) is 17.5 Å². The fourth-order valence-corrected chi connectivity index (χ4v) is 5.90. The summed E-state index contributed by atoms with van der Waals surface area (Å²) in [7, 11) is 5.49. The first kappa shape index (κ1) is 30.6. The molecular formula is C26H30Cl2F3N3O5. The highest BCUT2D eigenvalue weighted by Gasteiger charge is 2.50. The first-order chi connectivity index (χ1) is 18.3. The number of benzene rings is 2. The average Bonchev–Trinajstić information content (AvgIpc) is 3.19. The lowest BCUT2D eigenvalue weighted by Gasteiger charge is -2.45. The topological polar surface area (TPSA) is 100 Å². The van der Waals surface area contributed by atoms with Crippen LogP contribution < -0.4 is 20.1 Å². The van der Waals surface area contributed by atoms with E-state index in [1.54, 1.807) is 32.4 Å². The Morgan fingerprint density at radius 3 is 2.23 bits per heavy atom. The van der Waals surface area contributed by atoms with Crippen LogP contribution in [0.15, 0.2) is 36.4 Å². The van der Waals surface area contributed by atoms with Crippen LogP contribution in [0.1, 0.15) is 31.2 Å². The predicted molar refractivity (Wildman–Crippen MR) is 142 cm³/mol. The second kappa shape index (κ2) is 12.5. The van der Waals surface area contributed by atoms with E-state index in [9.17, 15) is 18.0 Å². The van der Waals surface area contributed by atoms with Crippen molar-refractivity contribution in [2.75, 3.05) is 33.1 Å². The van der Waals surface area contributed by atoms with Gasteiger partial charge in [-0.2, -0.15) is 13.2 Å². The summed E-state index contributed by atoms with van der Waals surface area (Å²) >= 11 is 12.1. The van der Waals surface area contributed by atoms with E-state index in [1.807, 2.05) is 6.07 Å². The van der Waals surface area contributed by atoms with Crippen LogP contribution in [0.3, 0.4) is 0 Å². The van der Waals surface area contributed by atoms with Crippen molar-refractivity contribution in [2.24, 2.45) is 0 Å². The zero-order valence-corrected chi connectivity index (χ0v) is 23.1. The van der Waals surface area contributed by atoms with Gasteiger partial charge in [0.1, 0.15) is 0 Å². The second-order valence-corrected chi connectivity index (χ2v) is 10.4. The van der Waals surface area contributed by atoms with Crippen LogP contribution in [0, 0.1) is 0 Å². The zero-order chi connectivity index (χ0) is 29.0. The van der Waals surface area contributed by atoms with Gasteiger partial charge in [-0.05, 0) is 75.2 Å². The highest BCUT2D eigenvalue weighted by atomic mass is 35.5.